The molecule has 1 aromatic carbocycles. The fraction of sp³-hybridized carbons (Fsp3) is 0.467. The molecule has 5 heteroatoms. The summed E-state index contributed by atoms with van der Waals surface area (Å²) in [5.41, 5.74) is 1.92. The molecule has 0 heterocycles. The molecule has 0 aromatic heterocycles. The van der Waals surface area contributed by atoms with E-state index in [1.54, 1.807) is 6.92 Å². The minimum absolute atomic E-state index is 0.177. The van der Waals surface area contributed by atoms with E-state index in [1.807, 2.05) is 31.2 Å². The summed E-state index contributed by atoms with van der Waals surface area (Å²) in [6.07, 6.45) is 1.83. The van der Waals surface area contributed by atoms with Gasteiger partial charge in [0.25, 0.3) is 0 Å². The Labute approximate surface area is 120 Å². The van der Waals surface area contributed by atoms with Crippen molar-refractivity contribution >= 4 is 17.6 Å². The number of carbonyl (C=O) groups excluding carboxylic acids is 2. The summed E-state index contributed by atoms with van der Waals surface area (Å²) < 4.78 is 0. The molecule has 0 unspecified atom stereocenters. The van der Waals surface area contributed by atoms with Gasteiger partial charge >= 0.3 is 6.03 Å². The van der Waals surface area contributed by atoms with Gasteiger partial charge in [-0.25, -0.2) is 4.79 Å². The summed E-state index contributed by atoms with van der Waals surface area (Å²) in [6, 6.07) is 6.69. The molecule has 3 N–H and O–H groups in total. The molecule has 110 valence electrons. The van der Waals surface area contributed by atoms with Crippen molar-refractivity contribution in [2.45, 2.75) is 39.7 Å². The number of rotatable bonds is 6. The number of hydrogen-bond acceptors (Lipinski definition) is 2. The van der Waals surface area contributed by atoms with Crippen LogP contribution in [0.25, 0.3) is 0 Å². The first-order chi connectivity index (χ1) is 9.56. The monoisotopic (exact) mass is 277 g/mol. The molecule has 1 aromatic rings. The van der Waals surface area contributed by atoms with Crippen LogP contribution in [-0.2, 0) is 11.2 Å². The summed E-state index contributed by atoms with van der Waals surface area (Å²) in [6.45, 7) is 6.33. The molecule has 0 aliphatic carbocycles. The van der Waals surface area contributed by atoms with E-state index < -0.39 is 6.04 Å². The second kappa shape index (κ2) is 8.19. The van der Waals surface area contributed by atoms with Gasteiger partial charge in [-0.05, 0) is 37.5 Å². The van der Waals surface area contributed by atoms with E-state index in [9.17, 15) is 9.59 Å². The second-order valence-electron chi connectivity index (χ2n) is 4.66. The minimum Gasteiger partial charge on any atom is -0.354 e. The SMILES string of the molecule is CCCNC(=O)[C@H](C)NC(=O)Nc1ccc(CC)cc1. The van der Waals surface area contributed by atoms with Gasteiger partial charge in [-0.1, -0.05) is 26.0 Å². The first kappa shape index (κ1) is 16.0. The lowest BCUT2D eigenvalue weighted by Crippen LogP contribution is -2.46. The Morgan fingerprint density at radius 1 is 1.15 bits per heavy atom. The van der Waals surface area contributed by atoms with Gasteiger partial charge < -0.3 is 16.0 Å². The topological polar surface area (TPSA) is 70.2 Å². The van der Waals surface area contributed by atoms with Crippen LogP contribution >= 0.6 is 0 Å². The minimum atomic E-state index is -0.559. The molecule has 0 bridgehead atoms. The van der Waals surface area contributed by atoms with Crippen molar-refractivity contribution in [3.8, 4) is 0 Å². The lowest BCUT2D eigenvalue weighted by atomic mass is 10.1. The molecule has 0 radical (unpaired) electrons. The van der Waals surface area contributed by atoms with Crippen molar-refractivity contribution < 1.29 is 9.59 Å². The number of carbonyl (C=O) groups is 2. The average molecular weight is 277 g/mol. The first-order valence-electron chi connectivity index (χ1n) is 7.01. The van der Waals surface area contributed by atoms with Gasteiger partial charge in [-0.15, -0.1) is 0 Å². The van der Waals surface area contributed by atoms with Crippen molar-refractivity contribution in [2.24, 2.45) is 0 Å². The van der Waals surface area contributed by atoms with E-state index in [1.165, 1.54) is 5.56 Å². The highest BCUT2D eigenvalue weighted by molar-refractivity contribution is 5.93. The summed E-state index contributed by atoms with van der Waals surface area (Å²) in [5, 5.41) is 8.04. The van der Waals surface area contributed by atoms with Gasteiger partial charge in [0, 0.05) is 12.2 Å². The zero-order chi connectivity index (χ0) is 15.0. The van der Waals surface area contributed by atoms with Crippen LogP contribution in [0.4, 0.5) is 10.5 Å². The van der Waals surface area contributed by atoms with E-state index in [0.717, 1.165) is 12.8 Å². The Morgan fingerprint density at radius 3 is 2.35 bits per heavy atom. The third-order valence-corrected chi connectivity index (χ3v) is 2.91. The highest BCUT2D eigenvalue weighted by atomic mass is 16.2. The summed E-state index contributed by atoms with van der Waals surface area (Å²) in [5.74, 6) is -0.177. The molecular weight excluding hydrogens is 254 g/mol. The highest BCUT2D eigenvalue weighted by Gasteiger charge is 2.14. The molecular formula is C15H23N3O2. The molecule has 20 heavy (non-hydrogen) atoms. The molecule has 5 nitrogen and oxygen atoms in total. The molecule has 0 aliphatic heterocycles. The molecule has 1 atom stereocenters. The Kier molecular flexibility index (Phi) is 6.56. The fourth-order valence-electron chi connectivity index (χ4n) is 1.65. The van der Waals surface area contributed by atoms with E-state index >= 15 is 0 Å². The number of amides is 3. The number of benzene rings is 1. The second-order valence-corrected chi connectivity index (χ2v) is 4.66. The first-order valence-corrected chi connectivity index (χ1v) is 7.01. The van der Waals surface area contributed by atoms with Gasteiger partial charge in [0.15, 0.2) is 0 Å². The molecule has 3 amide bonds. The fourth-order valence-corrected chi connectivity index (χ4v) is 1.65. The van der Waals surface area contributed by atoms with E-state index in [0.29, 0.717) is 12.2 Å². The smallest absolute Gasteiger partial charge is 0.319 e. The molecule has 0 saturated heterocycles. The van der Waals surface area contributed by atoms with Crippen LogP contribution in [0.15, 0.2) is 24.3 Å². The third-order valence-electron chi connectivity index (χ3n) is 2.91. The van der Waals surface area contributed by atoms with Crippen LogP contribution in [0, 0.1) is 0 Å². The van der Waals surface area contributed by atoms with Crippen LogP contribution in [0.2, 0.25) is 0 Å². The van der Waals surface area contributed by atoms with Crippen molar-refractivity contribution in [1.29, 1.82) is 0 Å². The maximum absolute atomic E-state index is 11.8. The van der Waals surface area contributed by atoms with Gasteiger partial charge in [0.2, 0.25) is 5.91 Å². The highest BCUT2D eigenvalue weighted by Crippen LogP contribution is 2.09. The van der Waals surface area contributed by atoms with Crippen LogP contribution in [0.3, 0.4) is 0 Å². The summed E-state index contributed by atoms with van der Waals surface area (Å²) >= 11 is 0. The van der Waals surface area contributed by atoms with Gasteiger partial charge in [0.05, 0.1) is 0 Å². The molecule has 0 spiro atoms. The number of urea groups is 1. The lowest BCUT2D eigenvalue weighted by molar-refractivity contribution is -0.122. The Bertz CT molecular complexity index is 443. The lowest BCUT2D eigenvalue weighted by Gasteiger charge is -2.14. The maximum Gasteiger partial charge on any atom is 0.319 e. The predicted octanol–water partition coefficient (Wildman–Crippen LogP) is 2.29. The number of anilines is 1. The molecule has 0 fully saturated rings. The zero-order valence-corrected chi connectivity index (χ0v) is 12.3. The Balaban J connectivity index is 2.44. The quantitative estimate of drug-likeness (QED) is 0.746. The van der Waals surface area contributed by atoms with Crippen molar-refractivity contribution in [2.75, 3.05) is 11.9 Å². The molecule has 0 aliphatic rings. The van der Waals surface area contributed by atoms with Gasteiger partial charge in [-0.2, -0.15) is 0 Å². The average Bonchev–Trinajstić information content (AvgIpc) is 2.45. The van der Waals surface area contributed by atoms with Gasteiger partial charge in [-0.3, -0.25) is 4.79 Å². The third kappa shape index (κ3) is 5.30. The standard InChI is InChI=1S/C15H23N3O2/c1-4-10-16-14(19)11(3)17-15(20)18-13-8-6-12(5-2)7-9-13/h6-9,11H,4-5,10H2,1-3H3,(H,16,19)(H2,17,18,20)/t11-/m0/s1. The van der Waals surface area contributed by atoms with E-state index in [-0.39, 0.29) is 11.9 Å². The van der Waals surface area contributed by atoms with Crippen molar-refractivity contribution in [1.82, 2.24) is 10.6 Å². The maximum atomic E-state index is 11.8. The summed E-state index contributed by atoms with van der Waals surface area (Å²) in [4.78, 5) is 23.4. The van der Waals surface area contributed by atoms with Crippen molar-refractivity contribution in [3.05, 3.63) is 29.8 Å². The van der Waals surface area contributed by atoms with Crippen LogP contribution < -0.4 is 16.0 Å². The number of aryl methyl sites for hydroxylation is 1. The van der Waals surface area contributed by atoms with Crippen molar-refractivity contribution in [3.63, 3.8) is 0 Å². The predicted molar refractivity (Wildman–Crippen MR) is 80.7 cm³/mol. The van der Waals surface area contributed by atoms with E-state index in [4.69, 9.17) is 0 Å². The Morgan fingerprint density at radius 2 is 1.80 bits per heavy atom. The van der Waals surface area contributed by atoms with Gasteiger partial charge in [0.1, 0.15) is 6.04 Å². The molecule has 1 rings (SSSR count). The van der Waals surface area contributed by atoms with Crippen LogP contribution in [0.5, 0.6) is 0 Å². The van der Waals surface area contributed by atoms with Crippen LogP contribution in [-0.4, -0.2) is 24.5 Å². The summed E-state index contributed by atoms with van der Waals surface area (Å²) in [7, 11) is 0. The molecule has 0 saturated carbocycles. The largest absolute Gasteiger partial charge is 0.354 e. The normalized spacial score (nSPS) is 11.6. The van der Waals surface area contributed by atoms with Crippen LogP contribution in [0.1, 0.15) is 32.8 Å². The number of nitrogens with one attached hydrogen (secondary N) is 3. The van der Waals surface area contributed by atoms with E-state index in [2.05, 4.69) is 22.9 Å². The zero-order valence-electron chi connectivity index (χ0n) is 12.3. The number of hydrogen-bond donors (Lipinski definition) is 3. The Hall–Kier alpha value is -2.04.